The van der Waals surface area contributed by atoms with E-state index in [2.05, 4.69) is 29.0 Å². The first kappa shape index (κ1) is 37.7. The van der Waals surface area contributed by atoms with Gasteiger partial charge in [0.2, 0.25) is 17.7 Å². The van der Waals surface area contributed by atoms with E-state index in [1.807, 2.05) is 32.3 Å². The van der Waals surface area contributed by atoms with Crippen molar-refractivity contribution in [2.24, 2.45) is 5.92 Å². The number of aliphatic hydroxyl groups is 1. The molecule has 46 heavy (non-hydrogen) atoms. The summed E-state index contributed by atoms with van der Waals surface area (Å²) in [6.45, 7) is 10.1. The maximum absolute atomic E-state index is 12.4. The average molecular weight is 666 g/mol. The first-order valence-corrected chi connectivity index (χ1v) is 17.4. The predicted octanol–water partition coefficient (Wildman–Crippen LogP) is 1.96. The summed E-state index contributed by atoms with van der Waals surface area (Å²) in [5, 5.41) is 19.5. The normalized spacial score (nSPS) is 31.9. The molecule has 0 aliphatic carbocycles. The highest BCUT2D eigenvalue weighted by Gasteiger charge is 2.58. The molecule has 3 heterocycles. The van der Waals surface area contributed by atoms with Gasteiger partial charge in [-0.05, 0) is 51.9 Å². The van der Waals surface area contributed by atoms with Crippen molar-refractivity contribution < 1.29 is 43.2 Å². The number of hydrogen-bond acceptors (Lipinski definition) is 10. The van der Waals surface area contributed by atoms with Crippen molar-refractivity contribution in [2.75, 3.05) is 31.7 Å². The Bertz CT molecular complexity index is 1160. The van der Waals surface area contributed by atoms with Crippen molar-refractivity contribution >= 4 is 35.5 Å². The van der Waals surface area contributed by atoms with Crippen molar-refractivity contribution in [3.63, 3.8) is 0 Å². The van der Waals surface area contributed by atoms with Crippen LogP contribution < -0.4 is 16.0 Å². The molecule has 3 saturated heterocycles. The van der Waals surface area contributed by atoms with Crippen molar-refractivity contribution in [2.45, 2.75) is 109 Å². The van der Waals surface area contributed by atoms with Crippen LogP contribution in [-0.2, 0) is 38.1 Å². The first-order chi connectivity index (χ1) is 21.8. The lowest BCUT2D eigenvalue weighted by molar-refractivity contribution is -0.143. The molecule has 3 aliphatic heterocycles. The second-order valence-electron chi connectivity index (χ2n) is 12.5. The molecule has 1 spiro atoms. The Morgan fingerprint density at radius 1 is 1.11 bits per heavy atom. The number of nitrogens with one attached hydrogen (secondary N) is 3. The molecule has 3 amide bonds. The van der Waals surface area contributed by atoms with E-state index < -0.39 is 29.9 Å². The number of ether oxygens (including phenoxy) is 4. The minimum Gasteiger partial charge on any atom is -0.459 e. The Balaban J connectivity index is 1.46. The molecule has 9 atom stereocenters. The zero-order chi connectivity index (χ0) is 33.9. The van der Waals surface area contributed by atoms with Crippen LogP contribution in [0.1, 0.15) is 60.3 Å². The molecule has 0 aromatic carbocycles. The largest absolute Gasteiger partial charge is 0.459 e. The van der Waals surface area contributed by atoms with E-state index in [0.717, 1.165) is 12.0 Å². The minimum atomic E-state index is -0.815. The van der Waals surface area contributed by atoms with E-state index in [1.165, 1.54) is 24.8 Å². The van der Waals surface area contributed by atoms with Crippen LogP contribution in [0.15, 0.2) is 36.0 Å². The zero-order valence-electron chi connectivity index (χ0n) is 27.8. The third kappa shape index (κ3) is 12.1. The SMILES string of the molecule is CSCC(=O)NCCC(=O)NC[C@@H]1C[C@@]2(CO2)[C@H](O)[C@@H](/C=C/C(C)=C/C[C@@H]2O[C@H](C)[C@H](NC(=O)/C=C\[C@H](C)OC(C)=O)C[C@@H]2C)O1. The van der Waals surface area contributed by atoms with Crippen LogP contribution in [0, 0.1) is 5.92 Å². The Labute approximate surface area is 276 Å². The van der Waals surface area contributed by atoms with Crippen molar-refractivity contribution in [1.82, 2.24) is 16.0 Å². The van der Waals surface area contributed by atoms with Gasteiger partial charge < -0.3 is 40.0 Å². The summed E-state index contributed by atoms with van der Waals surface area (Å²) < 4.78 is 23.1. The number of carbonyl (C=O) groups excluding carboxylic acids is 4. The molecule has 12 nitrogen and oxygen atoms in total. The molecule has 3 fully saturated rings. The van der Waals surface area contributed by atoms with Crippen molar-refractivity contribution in [1.29, 1.82) is 0 Å². The fourth-order valence-electron chi connectivity index (χ4n) is 5.70. The standard InChI is InChI=1S/C33H51N3O9S/c1-20(7-10-27-21(2)15-26(23(4)44-27)36-30(39)12-9-22(3)43-24(5)37)8-11-28-32(41)33(19-42-33)16-25(45-28)17-35-29(38)13-14-34-31(40)18-46-6/h7-9,11-12,21-23,25-28,32,41H,10,13-19H2,1-6H3,(H,34,40)(H,35,38)(H,36,39)/b11-8+,12-9-,20-7+/t21-,22-,23+,25-,26+,27-,28+,32+,33+/m0/s1. The Hall–Kier alpha value is -2.71. The number of thioether (sulfide) groups is 1. The summed E-state index contributed by atoms with van der Waals surface area (Å²) in [7, 11) is 0. The molecule has 0 aromatic heterocycles. The number of allylic oxidation sites excluding steroid dienone is 2. The van der Waals surface area contributed by atoms with E-state index in [1.54, 1.807) is 13.0 Å². The Morgan fingerprint density at radius 2 is 1.85 bits per heavy atom. The van der Waals surface area contributed by atoms with Gasteiger partial charge in [0.25, 0.3) is 0 Å². The average Bonchev–Trinajstić information content (AvgIpc) is 3.76. The zero-order valence-corrected chi connectivity index (χ0v) is 28.6. The van der Waals surface area contributed by atoms with Crippen LogP contribution in [0.3, 0.4) is 0 Å². The summed E-state index contributed by atoms with van der Waals surface area (Å²) in [5.41, 5.74) is 0.335. The van der Waals surface area contributed by atoms with Crippen LogP contribution in [-0.4, -0.2) is 109 Å². The number of carbonyl (C=O) groups is 4. The summed E-state index contributed by atoms with van der Waals surface area (Å²) in [4.78, 5) is 47.3. The van der Waals surface area contributed by atoms with Gasteiger partial charge in [-0.2, -0.15) is 11.8 Å². The Morgan fingerprint density at radius 3 is 2.52 bits per heavy atom. The van der Waals surface area contributed by atoms with E-state index >= 15 is 0 Å². The maximum Gasteiger partial charge on any atom is 0.303 e. The summed E-state index contributed by atoms with van der Waals surface area (Å²) in [6.07, 6.45) is 10.3. The molecule has 0 radical (unpaired) electrons. The molecule has 0 unspecified atom stereocenters. The number of amides is 3. The molecule has 0 aromatic rings. The third-order valence-electron chi connectivity index (χ3n) is 8.40. The molecule has 0 bridgehead atoms. The number of hydrogen-bond donors (Lipinski definition) is 4. The molecule has 258 valence electrons. The lowest BCUT2D eigenvalue weighted by atomic mass is 9.87. The number of esters is 1. The van der Waals surface area contributed by atoms with Gasteiger partial charge in [0, 0.05) is 38.9 Å². The van der Waals surface area contributed by atoms with E-state index in [0.29, 0.717) is 25.2 Å². The molecule has 4 N–H and O–H groups in total. The maximum atomic E-state index is 12.4. The van der Waals surface area contributed by atoms with Gasteiger partial charge in [0.05, 0.1) is 36.7 Å². The van der Waals surface area contributed by atoms with E-state index in [4.69, 9.17) is 18.9 Å². The second kappa shape index (κ2) is 18.0. The Kier molecular flexibility index (Phi) is 14.8. The lowest BCUT2D eigenvalue weighted by Crippen LogP contribution is -2.52. The summed E-state index contributed by atoms with van der Waals surface area (Å²) in [6, 6.07) is -0.136. The smallest absolute Gasteiger partial charge is 0.303 e. The van der Waals surface area contributed by atoms with E-state index in [9.17, 15) is 24.3 Å². The molecule has 0 saturated carbocycles. The summed E-state index contributed by atoms with van der Waals surface area (Å²) in [5.74, 6) is -0.368. The van der Waals surface area contributed by atoms with Crippen LogP contribution in [0.5, 0.6) is 0 Å². The van der Waals surface area contributed by atoms with Gasteiger partial charge in [-0.3, -0.25) is 19.2 Å². The minimum absolute atomic E-state index is 0.0162. The first-order valence-electron chi connectivity index (χ1n) is 16.0. The van der Waals surface area contributed by atoms with Crippen molar-refractivity contribution in [3.05, 3.63) is 36.0 Å². The second-order valence-corrected chi connectivity index (χ2v) is 13.4. The molecule has 3 aliphatic rings. The van der Waals surface area contributed by atoms with Gasteiger partial charge in [-0.15, -0.1) is 0 Å². The topological polar surface area (TPSA) is 165 Å². The van der Waals surface area contributed by atoms with E-state index in [-0.39, 0.29) is 67.5 Å². The van der Waals surface area contributed by atoms with Crippen molar-refractivity contribution in [3.8, 4) is 0 Å². The number of epoxide rings is 1. The van der Waals surface area contributed by atoms with Gasteiger partial charge >= 0.3 is 5.97 Å². The van der Waals surface area contributed by atoms with Crippen LogP contribution in [0.2, 0.25) is 0 Å². The molecule has 13 heteroatoms. The van der Waals surface area contributed by atoms with Crippen LogP contribution >= 0.6 is 11.8 Å². The van der Waals surface area contributed by atoms with Gasteiger partial charge in [0.15, 0.2) is 0 Å². The van der Waals surface area contributed by atoms with Crippen LogP contribution in [0.4, 0.5) is 0 Å². The molecular weight excluding hydrogens is 614 g/mol. The predicted molar refractivity (Wildman–Crippen MR) is 175 cm³/mol. The van der Waals surface area contributed by atoms with Gasteiger partial charge in [-0.25, -0.2) is 0 Å². The highest BCUT2D eigenvalue weighted by molar-refractivity contribution is 7.99. The quantitative estimate of drug-likeness (QED) is 0.0880. The highest BCUT2D eigenvalue weighted by atomic mass is 32.2. The highest BCUT2D eigenvalue weighted by Crippen LogP contribution is 2.42. The third-order valence-corrected chi connectivity index (χ3v) is 8.95. The van der Waals surface area contributed by atoms with Gasteiger partial charge in [-0.1, -0.05) is 30.7 Å². The fourth-order valence-corrected chi connectivity index (χ4v) is 6.06. The number of rotatable bonds is 15. The molecule has 3 rings (SSSR count). The molecular formula is C33H51N3O9S. The van der Waals surface area contributed by atoms with Gasteiger partial charge in [0.1, 0.15) is 23.9 Å². The van der Waals surface area contributed by atoms with Crippen LogP contribution in [0.25, 0.3) is 0 Å². The lowest BCUT2D eigenvalue weighted by Gasteiger charge is -2.39. The number of aliphatic hydroxyl groups excluding tert-OH is 1. The monoisotopic (exact) mass is 665 g/mol. The fraction of sp³-hybridized carbons (Fsp3) is 0.697. The summed E-state index contributed by atoms with van der Waals surface area (Å²) >= 11 is 1.42.